The van der Waals surface area contributed by atoms with Crippen molar-refractivity contribution in [2.75, 3.05) is 14.1 Å². The molecule has 3 aliphatic rings. The molecule has 0 bridgehead atoms. The van der Waals surface area contributed by atoms with Gasteiger partial charge >= 0.3 is 0 Å². The van der Waals surface area contributed by atoms with Crippen LogP contribution in [0.2, 0.25) is 0 Å². The Morgan fingerprint density at radius 1 is 1.19 bits per heavy atom. The maximum atomic E-state index is 13.8. The van der Waals surface area contributed by atoms with Crippen molar-refractivity contribution in [2.45, 2.75) is 51.4 Å². The molecule has 0 radical (unpaired) electrons. The van der Waals surface area contributed by atoms with E-state index in [9.17, 15) is 34.2 Å². The Bertz CT molecular complexity index is 1250. The Labute approximate surface area is 213 Å². The van der Waals surface area contributed by atoms with E-state index in [0.29, 0.717) is 16.8 Å². The Balaban J connectivity index is 1.85. The van der Waals surface area contributed by atoms with E-state index in [0.717, 1.165) is 0 Å². The molecular formula is C26H31N3O8. The van der Waals surface area contributed by atoms with Crippen molar-refractivity contribution >= 4 is 34.8 Å². The first kappa shape index (κ1) is 26.6. The molecule has 4 N–H and O–H groups in total. The standard InChI is InChI=1S/C26H31N3O8/c1-10(2)37-28-11(3)13-6-7-16(30)18-14(13)8-12-9-15-20(29(4)5)22(32)19(25(27)35)24(34)26(15,36)23(33)17(12)21(18)31/h6-7,10,12,15,17,19-20,30,36H,8-9H2,1-5H3,(H2,27,35)/t12-,15-,17?,19?,20-,26-/m1/s1. The molecule has 4 rings (SSSR count). The molecule has 0 saturated heterocycles. The lowest BCUT2D eigenvalue weighted by Gasteiger charge is -2.52. The third kappa shape index (κ3) is 3.88. The zero-order chi connectivity index (χ0) is 27.6. The molecule has 2 saturated carbocycles. The zero-order valence-electron chi connectivity index (χ0n) is 21.3. The van der Waals surface area contributed by atoms with Gasteiger partial charge in [0.2, 0.25) is 5.91 Å². The summed E-state index contributed by atoms with van der Waals surface area (Å²) < 4.78 is 0. The summed E-state index contributed by atoms with van der Waals surface area (Å²) >= 11 is 0. The van der Waals surface area contributed by atoms with Gasteiger partial charge in [-0.2, -0.15) is 0 Å². The van der Waals surface area contributed by atoms with Gasteiger partial charge < -0.3 is 20.8 Å². The van der Waals surface area contributed by atoms with Crippen LogP contribution < -0.4 is 5.73 Å². The number of hydrogen-bond acceptors (Lipinski definition) is 10. The number of hydrogen-bond donors (Lipinski definition) is 3. The largest absolute Gasteiger partial charge is 0.507 e. The molecule has 3 aliphatic carbocycles. The number of carbonyl (C=O) groups excluding carboxylic acids is 5. The lowest BCUT2D eigenvalue weighted by atomic mass is 9.52. The van der Waals surface area contributed by atoms with Gasteiger partial charge in [-0.15, -0.1) is 0 Å². The SMILES string of the molecule is CC(=NOC(C)C)c1ccc(O)c2c1C[C@@H]1C[C@@H]3[C@@H](N(C)C)C(=O)C(C(N)=O)C(=O)[C@]3(O)C(=O)C1C2=O. The van der Waals surface area contributed by atoms with Gasteiger partial charge in [-0.3, -0.25) is 28.9 Å². The quantitative estimate of drug-likeness (QED) is 0.278. The molecule has 1 aromatic rings. The predicted octanol–water partition coefficient (Wildman–Crippen LogP) is 0.0160. The van der Waals surface area contributed by atoms with Gasteiger partial charge in [0, 0.05) is 11.5 Å². The fourth-order valence-corrected chi connectivity index (χ4v) is 6.18. The smallest absolute Gasteiger partial charge is 0.235 e. The van der Waals surface area contributed by atoms with Gasteiger partial charge in [0.05, 0.1) is 23.2 Å². The molecule has 0 heterocycles. The number of amides is 1. The topological polar surface area (TPSA) is 177 Å². The number of likely N-dealkylation sites (N-methyl/N-ethyl adjacent to an activating group) is 1. The minimum Gasteiger partial charge on any atom is -0.507 e. The molecule has 0 aromatic heterocycles. The van der Waals surface area contributed by atoms with E-state index >= 15 is 0 Å². The normalized spacial score (nSPS) is 31.8. The second-order valence-electron chi connectivity index (χ2n) is 10.6. The minimum absolute atomic E-state index is 0.0162. The Morgan fingerprint density at radius 2 is 1.84 bits per heavy atom. The van der Waals surface area contributed by atoms with Crippen LogP contribution in [-0.4, -0.2) is 81.7 Å². The molecule has 198 valence electrons. The van der Waals surface area contributed by atoms with Crippen molar-refractivity contribution in [3.8, 4) is 5.75 Å². The van der Waals surface area contributed by atoms with E-state index in [1.54, 1.807) is 27.1 Å². The lowest BCUT2D eigenvalue weighted by Crippen LogP contribution is -2.74. The van der Waals surface area contributed by atoms with E-state index < -0.39 is 64.4 Å². The number of rotatable bonds is 5. The van der Waals surface area contributed by atoms with E-state index in [4.69, 9.17) is 10.6 Å². The van der Waals surface area contributed by atoms with Crippen LogP contribution in [0.15, 0.2) is 17.3 Å². The second kappa shape index (κ2) is 9.14. The number of phenols is 1. The summed E-state index contributed by atoms with van der Waals surface area (Å²) in [5.41, 5.74) is 4.00. The highest BCUT2D eigenvalue weighted by Crippen LogP contribution is 2.51. The molecule has 11 heteroatoms. The molecule has 11 nitrogen and oxygen atoms in total. The van der Waals surface area contributed by atoms with E-state index in [1.165, 1.54) is 11.0 Å². The number of nitrogens with zero attached hydrogens (tertiary/aromatic N) is 2. The average molecular weight is 514 g/mol. The highest BCUT2D eigenvalue weighted by atomic mass is 16.6. The Kier molecular flexibility index (Phi) is 6.58. The van der Waals surface area contributed by atoms with Crippen LogP contribution in [0.5, 0.6) is 5.75 Å². The molecule has 0 aliphatic heterocycles. The molecule has 2 unspecified atom stereocenters. The number of aromatic hydroxyl groups is 1. The molecule has 0 spiro atoms. The number of carbonyl (C=O) groups is 5. The third-order valence-corrected chi connectivity index (χ3v) is 7.74. The highest BCUT2D eigenvalue weighted by Gasteiger charge is 2.69. The fraction of sp³-hybridized carbons (Fsp3) is 0.538. The Morgan fingerprint density at radius 3 is 2.41 bits per heavy atom. The molecular weight excluding hydrogens is 482 g/mol. The van der Waals surface area contributed by atoms with Gasteiger partial charge in [0.15, 0.2) is 34.7 Å². The average Bonchev–Trinajstić information content (AvgIpc) is 2.79. The third-order valence-electron chi connectivity index (χ3n) is 7.74. The molecule has 2 fully saturated rings. The molecule has 6 atom stereocenters. The Hall–Kier alpha value is -3.44. The predicted molar refractivity (Wildman–Crippen MR) is 130 cm³/mol. The van der Waals surface area contributed by atoms with E-state index in [1.807, 2.05) is 13.8 Å². The van der Waals surface area contributed by atoms with Crippen LogP contribution in [0, 0.1) is 23.7 Å². The van der Waals surface area contributed by atoms with Gasteiger partial charge in [0.1, 0.15) is 11.9 Å². The summed E-state index contributed by atoms with van der Waals surface area (Å²) in [4.78, 5) is 72.7. The number of phenolic OH excluding ortho intramolecular Hbond substituents is 1. The molecule has 1 aromatic carbocycles. The zero-order valence-corrected chi connectivity index (χ0v) is 21.3. The first-order valence-corrected chi connectivity index (χ1v) is 12.1. The number of ketones is 4. The van der Waals surface area contributed by atoms with E-state index in [-0.39, 0.29) is 30.3 Å². The van der Waals surface area contributed by atoms with Gasteiger partial charge in [-0.1, -0.05) is 5.16 Å². The first-order valence-electron chi connectivity index (χ1n) is 12.1. The first-order chi connectivity index (χ1) is 17.2. The summed E-state index contributed by atoms with van der Waals surface area (Å²) in [6, 6.07) is 1.79. The van der Waals surface area contributed by atoms with Crippen LogP contribution in [0.25, 0.3) is 0 Å². The minimum atomic E-state index is -2.74. The lowest BCUT2D eigenvalue weighted by molar-refractivity contribution is -0.181. The fourth-order valence-electron chi connectivity index (χ4n) is 6.18. The van der Waals surface area contributed by atoms with E-state index in [2.05, 4.69) is 5.16 Å². The number of primary amides is 1. The molecule has 1 amide bonds. The summed E-state index contributed by atoms with van der Waals surface area (Å²) in [5.74, 6) is -10.8. The maximum Gasteiger partial charge on any atom is 0.235 e. The van der Waals surface area contributed by atoms with Crippen molar-refractivity contribution in [3.63, 3.8) is 0 Å². The number of Topliss-reactive ketones (excluding diaryl/α,β-unsaturated/α-hetero) is 4. The van der Waals surface area contributed by atoms with Gasteiger partial charge in [-0.25, -0.2) is 0 Å². The number of benzene rings is 1. The van der Waals surface area contributed by atoms with Crippen molar-refractivity contribution in [1.29, 1.82) is 0 Å². The van der Waals surface area contributed by atoms with Crippen LogP contribution in [0.4, 0.5) is 0 Å². The highest BCUT2D eigenvalue weighted by molar-refractivity contribution is 6.32. The molecule has 37 heavy (non-hydrogen) atoms. The summed E-state index contributed by atoms with van der Waals surface area (Å²) in [6.07, 6.45) is -0.0435. The second-order valence-corrected chi connectivity index (χ2v) is 10.6. The van der Waals surface area contributed by atoms with Crippen LogP contribution >= 0.6 is 0 Å². The van der Waals surface area contributed by atoms with Gasteiger partial charge in [0.25, 0.3) is 0 Å². The van der Waals surface area contributed by atoms with Gasteiger partial charge in [-0.05, 0) is 71.3 Å². The summed E-state index contributed by atoms with van der Waals surface area (Å²) in [5, 5.41) is 26.3. The maximum absolute atomic E-state index is 13.8. The van der Waals surface area contributed by atoms with Crippen molar-refractivity contribution in [2.24, 2.45) is 34.6 Å². The van der Waals surface area contributed by atoms with Crippen molar-refractivity contribution in [1.82, 2.24) is 4.90 Å². The van der Waals surface area contributed by atoms with Crippen LogP contribution in [0.3, 0.4) is 0 Å². The number of nitrogens with two attached hydrogens (primary N) is 1. The number of fused-ring (bicyclic) bond motifs is 3. The summed E-state index contributed by atoms with van der Waals surface area (Å²) in [6.45, 7) is 5.31. The van der Waals surface area contributed by atoms with Crippen LogP contribution in [0.1, 0.15) is 48.7 Å². The monoisotopic (exact) mass is 513 g/mol. The van der Waals surface area contributed by atoms with Crippen LogP contribution in [-0.2, 0) is 30.4 Å². The van der Waals surface area contributed by atoms with Crippen molar-refractivity contribution in [3.05, 3.63) is 28.8 Å². The number of aliphatic hydroxyl groups is 1. The summed E-state index contributed by atoms with van der Waals surface area (Å²) in [7, 11) is 3.08. The number of oxime groups is 1. The van der Waals surface area contributed by atoms with Crippen molar-refractivity contribution < 1.29 is 39.0 Å².